The summed E-state index contributed by atoms with van der Waals surface area (Å²) in [6, 6.07) is 12.5. The number of hydrogen-bond donors (Lipinski definition) is 1. The smallest absolute Gasteiger partial charge is 0.306 e. The third-order valence-electron chi connectivity index (χ3n) is 7.18. The Morgan fingerprint density at radius 3 is 2.52 bits per heavy atom. The zero-order chi connectivity index (χ0) is 23.4. The summed E-state index contributed by atoms with van der Waals surface area (Å²) in [6.45, 7) is 0.547. The van der Waals surface area contributed by atoms with E-state index in [0.717, 1.165) is 37.0 Å². The molecule has 0 bridgehead atoms. The second kappa shape index (κ2) is 10.1. The van der Waals surface area contributed by atoms with Gasteiger partial charge >= 0.3 is 5.97 Å². The van der Waals surface area contributed by atoms with E-state index in [9.17, 15) is 14.3 Å². The van der Waals surface area contributed by atoms with Crippen LogP contribution in [0.4, 0.5) is 4.39 Å². The van der Waals surface area contributed by atoms with E-state index in [-0.39, 0.29) is 17.8 Å². The highest BCUT2D eigenvalue weighted by Gasteiger charge is 2.37. The summed E-state index contributed by atoms with van der Waals surface area (Å²) in [4.78, 5) is 11.9. The van der Waals surface area contributed by atoms with Crippen molar-refractivity contribution in [3.8, 4) is 11.5 Å². The fourth-order valence-corrected chi connectivity index (χ4v) is 4.95. The minimum atomic E-state index is -1.18. The summed E-state index contributed by atoms with van der Waals surface area (Å²) in [7, 11) is 2.96. The standard InChI is InChI=1S/C27H33FO5/c1-31-21-8-9-25(28)24(15-21)27(30)12-10-18(11-13-27)17-33-22-5-3-4-20(14-22)23(19-6-7-19)16-26(29)32-2/h3-5,8-9,14-15,18-19,23,30H,6-7,10-13,16-17H2,1-2H3. The molecule has 5 nitrogen and oxygen atoms in total. The summed E-state index contributed by atoms with van der Waals surface area (Å²) < 4.78 is 30.6. The van der Waals surface area contributed by atoms with Gasteiger partial charge in [0.15, 0.2) is 0 Å². The highest BCUT2D eigenvalue weighted by molar-refractivity contribution is 5.70. The summed E-state index contributed by atoms with van der Waals surface area (Å²) in [5.74, 6) is 1.75. The Kier molecular flexibility index (Phi) is 7.23. The van der Waals surface area contributed by atoms with Gasteiger partial charge in [0.05, 0.1) is 32.8 Å². The average molecular weight is 457 g/mol. The monoisotopic (exact) mass is 456 g/mol. The first-order chi connectivity index (χ1) is 15.9. The Morgan fingerprint density at radius 2 is 1.85 bits per heavy atom. The molecule has 0 amide bonds. The van der Waals surface area contributed by atoms with Gasteiger partial charge in [0, 0.05) is 5.56 Å². The number of carbonyl (C=O) groups is 1. The highest BCUT2D eigenvalue weighted by Crippen LogP contribution is 2.45. The van der Waals surface area contributed by atoms with Crippen molar-refractivity contribution in [3.05, 3.63) is 59.4 Å². The molecular formula is C27H33FO5. The van der Waals surface area contributed by atoms with Gasteiger partial charge in [-0.25, -0.2) is 4.39 Å². The molecule has 6 heteroatoms. The second-order valence-corrected chi connectivity index (χ2v) is 9.43. The minimum Gasteiger partial charge on any atom is -0.497 e. The molecular weight excluding hydrogens is 423 g/mol. The van der Waals surface area contributed by atoms with Crippen molar-refractivity contribution in [3.63, 3.8) is 0 Å². The van der Waals surface area contributed by atoms with E-state index < -0.39 is 11.4 Å². The maximum atomic E-state index is 14.4. The Balaban J connectivity index is 1.35. The predicted molar refractivity (Wildman–Crippen MR) is 123 cm³/mol. The van der Waals surface area contributed by atoms with Crippen LogP contribution in [0.5, 0.6) is 11.5 Å². The first kappa shape index (κ1) is 23.6. The van der Waals surface area contributed by atoms with Crippen LogP contribution in [-0.4, -0.2) is 31.9 Å². The van der Waals surface area contributed by atoms with Crippen molar-refractivity contribution in [2.75, 3.05) is 20.8 Å². The molecule has 0 aromatic heterocycles. The van der Waals surface area contributed by atoms with E-state index in [1.165, 1.54) is 20.3 Å². The van der Waals surface area contributed by atoms with Crippen molar-refractivity contribution in [2.45, 2.75) is 56.5 Å². The molecule has 1 atom stereocenters. The molecule has 0 aliphatic heterocycles. The lowest BCUT2D eigenvalue weighted by Crippen LogP contribution is -2.34. The quantitative estimate of drug-likeness (QED) is 0.516. The predicted octanol–water partition coefficient (Wildman–Crippen LogP) is 5.35. The van der Waals surface area contributed by atoms with Gasteiger partial charge in [-0.05, 0) is 92.2 Å². The molecule has 4 rings (SSSR count). The molecule has 2 aromatic rings. The van der Waals surface area contributed by atoms with Crippen LogP contribution in [0.2, 0.25) is 0 Å². The molecule has 178 valence electrons. The van der Waals surface area contributed by atoms with Gasteiger partial charge in [0.25, 0.3) is 0 Å². The molecule has 1 N–H and O–H groups in total. The molecule has 1 unspecified atom stereocenters. The molecule has 2 aromatic carbocycles. The van der Waals surface area contributed by atoms with Crippen LogP contribution in [0.25, 0.3) is 0 Å². The van der Waals surface area contributed by atoms with Crippen LogP contribution in [-0.2, 0) is 15.1 Å². The van der Waals surface area contributed by atoms with E-state index in [4.69, 9.17) is 14.2 Å². The third-order valence-corrected chi connectivity index (χ3v) is 7.18. The fraction of sp³-hybridized carbons (Fsp3) is 0.519. The molecule has 2 saturated carbocycles. The first-order valence-electron chi connectivity index (χ1n) is 11.8. The number of hydrogen-bond acceptors (Lipinski definition) is 5. The van der Waals surface area contributed by atoms with E-state index >= 15 is 0 Å². The fourth-order valence-electron chi connectivity index (χ4n) is 4.95. The normalized spacial score (nSPS) is 23.6. The lowest BCUT2D eigenvalue weighted by molar-refractivity contribution is -0.141. The van der Waals surface area contributed by atoms with Gasteiger partial charge in [0.1, 0.15) is 17.3 Å². The van der Waals surface area contributed by atoms with Gasteiger partial charge in [-0.15, -0.1) is 0 Å². The van der Waals surface area contributed by atoms with Crippen molar-refractivity contribution in [1.82, 2.24) is 0 Å². The summed E-state index contributed by atoms with van der Waals surface area (Å²) in [5, 5.41) is 11.1. The van der Waals surface area contributed by atoms with Gasteiger partial charge < -0.3 is 19.3 Å². The number of esters is 1. The zero-order valence-electron chi connectivity index (χ0n) is 19.4. The summed E-state index contributed by atoms with van der Waals surface area (Å²) >= 11 is 0. The Morgan fingerprint density at radius 1 is 1.09 bits per heavy atom. The van der Waals surface area contributed by atoms with Crippen molar-refractivity contribution in [2.24, 2.45) is 11.8 Å². The highest BCUT2D eigenvalue weighted by atomic mass is 19.1. The lowest BCUT2D eigenvalue weighted by Gasteiger charge is -2.36. The number of aliphatic hydroxyl groups is 1. The topological polar surface area (TPSA) is 65.0 Å². The van der Waals surface area contributed by atoms with Crippen LogP contribution in [0.1, 0.15) is 62.0 Å². The average Bonchev–Trinajstić information content (AvgIpc) is 3.68. The number of rotatable bonds is 9. The van der Waals surface area contributed by atoms with Crippen LogP contribution in [0.15, 0.2) is 42.5 Å². The Hall–Kier alpha value is -2.60. The molecule has 2 aliphatic rings. The van der Waals surface area contributed by atoms with E-state index in [2.05, 4.69) is 6.07 Å². The van der Waals surface area contributed by atoms with Gasteiger partial charge in [-0.2, -0.15) is 0 Å². The molecule has 33 heavy (non-hydrogen) atoms. The number of benzene rings is 2. The summed E-state index contributed by atoms with van der Waals surface area (Å²) in [5.41, 5.74) is 0.248. The molecule has 0 spiro atoms. The largest absolute Gasteiger partial charge is 0.497 e. The molecule has 2 aliphatic carbocycles. The zero-order valence-corrected chi connectivity index (χ0v) is 19.4. The lowest BCUT2D eigenvalue weighted by atomic mass is 9.75. The first-order valence-corrected chi connectivity index (χ1v) is 11.8. The van der Waals surface area contributed by atoms with E-state index in [1.807, 2.05) is 18.2 Å². The Bertz CT molecular complexity index is 963. The van der Waals surface area contributed by atoms with Crippen molar-refractivity contribution >= 4 is 5.97 Å². The molecule has 2 fully saturated rings. The SMILES string of the molecule is COC(=O)CC(c1cccc(OCC2CCC(O)(c3cc(OC)ccc3F)CC2)c1)C1CC1. The van der Waals surface area contributed by atoms with Crippen LogP contribution in [0.3, 0.4) is 0 Å². The van der Waals surface area contributed by atoms with Crippen LogP contribution in [0, 0.1) is 17.7 Å². The van der Waals surface area contributed by atoms with E-state index in [1.54, 1.807) is 12.1 Å². The van der Waals surface area contributed by atoms with Gasteiger partial charge in [-0.1, -0.05) is 12.1 Å². The number of carbonyl (C=O) groups excluding carboxylic acids is 1. The van der Waals surface area contributed by atoms with Crippen molar-refractivity contribution in [1.29, 1.82) is 0 Å². The second-order valence-electron chi connectivity index (χ2n) is 9.43. The van der Waals surface area contributed by atoms with Crippen LogP contribution < -0.4 is 9.47 Å². The van der Waals surface area contributed by atoms with Gasteiger partial charge in [-0.3, -0.25) is 4.79 Å². The number of ether oxygens (including phenoxy) is 3. The van der Waals surface area contributed by atoms with Crippen molar-refractivity contribution < 1.29 is 28.5 Å². The maximum Gasteiger partial charge on any atom is 0.306 e. The maximum absolute atomic E-state index is 14.4. The molecule has 0 radical (unpaired) electrons. The number of methoxy groups -OCH3 is 2. The third kappa shape index (κ3) is 5.67. The van der Waals surface area contributed by atoms with Crippen LogP contribution >= 0.6 is 0 Å². The van der Waals surface area contributed by atoms with E-state index in [0.29, 0.717) is 43.1 Å². The number of halogens is 1. The van der Waals surface area contributed by atoms with Gasteiger partial charge in [0.2, 0.25) is 0 Å². The Labute approximate surface area is 194 Å². The molecule has 0 heterocycles. The molecule has 0 saturated heterocycles. The minimum absolute atomic E-state index is 0.170. The summed E-state index contributed by atoms with van der Waals surface area (Å²) in [6.07, 6.45) is 5.14.